The highest BCUT2D eigenvalue weighted by Crippen LogP contribution is 2.40. The molecule has 0 saturated carbocycles. The zero-order chi connectivity index (χ0) is 18.4. The van der Waals surface area contributed by atoms with Gasteiger partial charge < -0.3 is 9.79 Å². The average molecular weight is 392 g/mol. The van der Waals surface area contributed by atoms with Crippen LogP contribution in [0.25, 0.3) is 0 Å². The molecule has 23 heavy (non-hydrogen) atoms. The summed E-state index contributed by atoms with van der Waals surface area (Å²) in [6.07, 6.45) is 2.90. The predicted octanol–water partition coefficient (Wildman–Crippen LogP) is 2.99. The quantitative estimate of drug-likeness (QED) is 0.291. The van der Waals surface area contributed by atoms with Crippen molar-refractivity contribution in [3.63, 3.8) is 0 Å². The Kier molecular flexibility index (Phi) is 9.55. The molecule has 6 N–H and O–H groups in total. The Morgan fingerprint density at radius 1 is 0.870 bits per heavy atom. The molecule has 8 nitrogen and oxygen atoms in total. The van der Waals surface area contributed by atoms with Crippen molar-refractivity contribution in [3.8, 4) is 0 Å². The van der Waals surface area contributed by atoms with E-state index < -0.39 is 26.7 Å². The van der Waals surface area contributed by atoms with Gasteiger partial charge in [-0.1, -0.05) is 0 Å². The van der Waals surface area contributed by atoms with Crippen LogP contribution in [0.5, 0.6) is 0 Å². The molecule has 2 atom stereocenters. The fourth-order valence-electron chi connectivity index (χ4n) is 2.10. The second-order valence-corrected chi connectivity index (χ2v) is 10.5. The standard InChI is InChI=1S/C12H30N2O6P2S/c1-11(2,19-21(13,15)16)7-5-9-23-10-6-8-12(3,4)20-22(14,17)18/h5-10H2,1-4H3,(H3,13,15,16)(H3,14,17,18). The Labute approximate surface area is 142 Å². The molecule has 0 amide bonds. The van der Waals surface area contributed by atoms with E-state index in [2.05, 4.69) is 0 Å². The van der Waals surface area contributed by atoms with Gasteiger partial charge in [0.15, 0.2) is 0 Å². The summed E-state index contributed by atoms with van der Waals surface area (Å²) >= 11 is 1.73. The van der Waals surface area contributed by atoms with Gasteiger partial charge in [-0.05, 0) is 64.9 Å². The highest BCUT2D eigenvalue weighted by atomic mass is 32.2. The van der Waals surface area contributed by atoms with Crippen LogP contribution >= 0.6 is 27.3 Å². The molecule has 0 heterocycles. The minimum Gasteiger partial charge on any atom is -0.313 e. The third-order valence-electron chi connectivity index (χ3n) is 2.89. The van der Waals surface area contributed by atoms with Gasteiger partial charge in [0.2, 0.25) is 0 Å². The highest BCUT2D eigenvalue weighted by Gasteiger charge is 2.28. The SMILES string of the molecule is CC(C)(CCCSCCCC(C)(C)OP(N)(=O)O)OP(N)(=O)O. The van der Waals surface area contributed by atoms with Gasteiger partial charge in [0, 0.05) is 0 Å². The molecular formula is C12H30N2O6P2S. The third kappa shape index (κ3) is 15.8. The lowest BCUT2D eigenvalue weighted by molar-refractivity contribution is 0.0824. The Morgan fingerprint density at radius 3 is 1.43 bits per heavy atom. The molecule has 11 heteroatoms. The molecular weight excluding hydrogens is 362 g/mol. The number of thioether (sulfide) groups is 1. The zero-order valence-electron chi connectivity index (χ0n) is 14.2. The van der Waals surface area contributed by atoms with E-state index in [4.69, 9.17) is 29.8 Å². The van der Waals surface area contributed by atoms with Crippen LogP contribution in [-0.2, 0) is 18.2 Å². The van der Waals surface area contributed by atoms with Gasteiger partial charge in [-0.2, -0.15) is 11.8 Å². The number of nitrogens with two attached hydrogens (primary N) is 2. The van der Waals surface area contributed by atoms with Crippen molar-refractivity contribution in [2.75, 3.05) is 11.5 Å². The minimum absolute atomic E-state index is 0.622. The van der Waals surface area contributed by atoms with Crippen molar-refractivity contribution in [2.24, 2.45) is 11.0 Å². The normalized spacial score (nSPS) is 18.4. The molecule has 0 rings (SSSR count). The number of hydrogen-bond donors (Lipinski definition) is 4. The summed E-state index contributed by atoms with van der Waals surface area (Å²) in [4.78, 5) is 18.1. The Bertz CT molecular complexity index is 409. The molecule has 0 aliphatic rings. The second kappa shape index (κ2) is 9.32. The first-order valence-electron chi connectivity index (χ1n) is 7.34. The van der Waals surface area contributed by atoms with Crippen LogP contribution < -0.4 is 11.0 Å². The largest absolute Gasteiger partial charge is 0.400 e. The summed E-state index contributed by atoms with van der Waals surface area (Å²) in [7, 11) is -7.93. The molecule has 140 valence electrons. The van der Waals surface area contributed by atoms with Crippen LogP contribution in [-0.4, -0.2) is 32.5 Å². The maximum absolute atomic E-state index is 11.0. The van der Waals surface area contributed by atoms with Gasteiger partial charge >= 0.3 is 15.5 Å². The Balaban J connectivity index is 3.82. The summed E-state index contributed by atoms with van der Waals surface area (Å²) in [5, 5.41) is 0. The molecule has 0 spiro atoms. The lowest BCUT2D eigenvalue weighted by atomic mass is 10.0. The van der Waals surface area contributed by atoms with E-state index in [1.165, 1.54) is 0 Å². The fraction of sp³-hybridized carbons (Fsp3) is 1.00. The number of hydrogen-bond acceptors (Lipinski definition) is 5. The zero-order valence-corrected chi connectivity index (χ0v) is 16.8. The summed E-state index contributed by atoms with van der Waals surface area (Å²) in [5.41, 5.74) is 8.53. The molecule has 0 saturated heterocycles. The minimum atomic E-state index is -3.96. The molecule has 0 aromatic heterocycles. The van der Waals surface area contributed by atoms with Gasteiger partial charge in [-0.15, -0.1) is 0 Å². The Morgan fingerprint density at radius 2 is 1.17 bits per heavy atom. The van der Waals surface area contributed by atoms with Gasteiger partial charge in [-0.3, -0.25) is 9.05 Å². The van der Waals surface area contributed by atoms with Gasteiger partial charge in [-0.25, -0.2) is 20.1 Å². The van der Waals surface area contributed by atoms with E-state index in [0.717, 1.165) is 24.3 Å². The second-order valence-electron chi connectivity index (χ2n) is 6.65. The predicted molar refractivity (Wildman–Crippen MR) is 94.1 cm³/mol. The molecule has 0 aromatic rings. The summed E-state index contributed by atoms with van der Waals surface area (Å²) in [6.45, 7) is 6.92. The van der Waals surface area contributed by atoms with Crippen LogP contribution in [0.15, 0.2) is 0 Å². The molecule has 0 aliphatic carbocycles. The van der Waals surface area contributed by atoms with Crippen molar-refractivity contribution < 1.29 is 28.0 Å². The molecule has 0 bridgehead atoms. The molecule has 0 aliphatic heterocycles. The van der Waals surface area contributed by atoms with E-state index in [0.29, 0.717) is 12.8 Å². The average Bonchev–Trinajstić information content (AvgIpc) is 2.20. The lowest BCUT2D eigenvalue weighted by Crippen LogP contribution is -2.25. The highest BCUT2D eigenvalue weighted by molar-refractivity contribution is 7.99. The Hall–Kier alpha value is 0.570. The first-order chi connectivity index (χ1) is 10.1. The van der Waals surface area contributed by atoms with Crippen molar-refractivity contribution in [1.82, 2.24) is 0 Å². The van der Waals surface area contributed by atoms with Crippen molar-refractivity contribution >= 4 is 27.3 Å². The maximum atomic E-state index is 11.0. The molecule has 0 radical (unpaired) electrons. The van der Waals surface area contributed by atoms with Crippen LogP contribution in [0.3, 0.4) is 0 Å². The van der Waals surface area contributed by atoms with Crippen LogP contribution in [0, 0.1) is 0 Å². The van der Waals surface area contributed by atoms with Crippen LogP contribution in [0.1, 0.15) is 53.4 Å². The summed E-state index contributed by atoms with van der Waals surface area (Å²) in [5.74, 6) is 1.76. The van der Waals surface area contributed by atoms with Crippen LogP contribution in [0.4, 0.5) is 0 Å². The van der Waals surface area contributed by atoms with E-state index in [1.54, 1.807) is 39.5 Å². The topological polar surface area (TPSA) is 145 Å². The van der Waals surface area contributed by atoms with Crippen molar-refractivity contribution in [3.05, 3.63) is 0 Å². The maximum Gasteiger partial charge on any atom is 0.400 e. The van der Waals surface area contributed by atoms with Crippen LogP contribution in [0.2, 0.25) is 0 Å². The van der Waals surface area contributed by atoms with E-state index in [9.17, 15) is 9.13 Å². The smallest absolute Gasteiger partial charge is 0.313 e. The molecule has 2 unspecified atom stereocenters. The first kappa shape index (κ1) is 23.6. The first-order valence-corrected chi connectivity index (χ1v) is 11.8. The molecule has 0 aromatic carbocycles. The lowest BCUT2D eigenvalue weighted by Gasteiger charge is -2.26. The van der Waals surface area contributed by atoms with Gasteiger partial charge in [0.05, 0.1) is 11.2 Å². The van der Waals surface area contributed by atoms with E-state index in [-0.39, 0.29) is 0 Å². The third-order valence-corrected chi connectivity index (χ3v) is 5.56. The monoisotopic (exact) mass is 392 g/mol. The fourth-order valence-corrected chi connectivity index (χ4v) is 4.60. The summed E-state index contributed by atoms with van der Waals surface area (Å²) in [6, 6.07) is 0. The summed E-state index contributed by atoms with van der Waals surface area (Å²) < 4.78 is 32.0. The van der Waals surface area contributed by atoms with Gasteiger partial charge in [0.25, 0.3) is 0 Å². The van der Waals surface area contributed by atoms with Crippen molar-refractivity contribution in [2.45, 2.75) is 64.6 Å². The van der Waals surface area contributed by atoms with Crippen molar-refractivity contribution in [1.29, 1.82) is 0 Å². The molecule has 0 fully saturated rings. The van der Waals surface area contributed by atoms with Gasteiger partial charge in [0.1, 0.15) is 0 Å². The van der Waals surface area contributed by atoms with E-state index in [1.807, 2.05) is 0 Å². The van der Waals surface area contributed by atoms with E-state index >= 15 is 0 Å². The number of rotatable bonds is 12.